The Kier molecular flexibility index (Phi) is 4.67. The number of rotatable bonds is 3. The van der Waals surface area contributed by atoms with Gasteiger partial charge in [-0.25, -0.2) is 4.39 Å². The number of piperidine rings is 1. The number of nitrogens with zero attached hydrogens (tertiary/aromatic N) is 1. The number of carbonyl (C=O) groups excluding carboxylic acids is 1. The summed E-state index contributed by atoms with van der Waals surface area (Å²) >= 11 is 0. The average molecular weight is 292 g/mol. The number of amides is 1. The summed E-state index contributed by atoms with van der Waals surface area (Å²) in [4.78, 5) is 14.8. The summed E-state index contributed by atoms with van der Waals surface area (Å²) in [6.45, 7) is 10.1. The van der Waals surface area contributed by atoms with E-state index in [1.54, 1.807) is 19.1 Å². The SMILES string of the molecule is Cc1cccc(F)c1C(=O)NC1(C)CCN(C(C)C)CC1. The van der Waals surface area contributed by atoms with Crippen molar-refractivity contribution in [3.8, 4) is 0 Å². The monoisotopic (exact) mass is 292 g/mol. The van der Waals surface area contributed by atoms with Crippen molar-refractivity contribution in [2.24, 2.45) is 0 Å². The van der Waals surface area contributed by atoms with Crippen molar-refractivity contribution in [1.82, 2.24) is 10.2 Å². The molecule has 1 heterocycles. The Balaban J connectivity index is 2.06. The molecule has 1 aromatic rings. The Hall–Kier alpha value is -1.42. The number of hydrogen-bond acceptors (Lipinski definition) is 2. The van der Waals surface area contributed by atoms with Crippen LogP contribution in [0, 0.1) is 12.7 Å². The van der Waals surface area contributed by atoms with Crippen LogP contribution in [0.3, 0.4) is 0 Å². The fourth-order valence-electron chi connectivity index (χ4n) is 2.92. The molecule has 0 unspecified atom stereocenters. The van der Waals surface area contributed by atoms with Crippen LogP contribution in [0.4, 0.5) is 4.39 Å². The highest BCUT2D eigenvalue weighted by Crippen LogP contribution is 2.24. The zero-order valence-corrected chi connectivity index (χ0v) is 13.4. The quantitative estimate of drug-likeness (QED) is 0.928. The predicted molar refractivity (Wildman–Crippen MR) is 83.0 cm³/mol. The van der Waals surface area contributed by atoms with Crippen LogP contribution in [-0.2, 0) is 0 Å². The summed E-state index contributed by atoms with van der Waals surface area (Å²) in [5.41, 5.74) is 0.595. The molecule has 1 N–H and O–H groups in total. The van der Waals surface area contributed by atoms with Crippen LogP contribution in [-0.4, -0.2) is 35.5 Å². The normalized spacial score (nSPS) is 18.8. The average Bonchev–Trinajstić information content (AvgIpc) is 2.38. The lowest BCUT2D eigenvalue weighted by atomic mass is 9.88. The standard InChI is InChI=1S/C17H25FN2O/c1-12(2)20-10-8-17(4,9-11-20)19-16(21)15-13(3)6-5-7-14(15)18/h5-7,12H,8-11H2,1-4H3,(H,19,21). The highest BCUT2D eigenvalue weighted by Gasteiger charge is 2.33. The van der Waals surface area contributed by atoms with Crippen molar-refractivity contribution in [2.45, 2.75) is 52.1 Å². The minimum Gasteiger partial charge on any atom is -0.347 e. The van der Waals surface area contributed by atoms with Gasteiger partial charge in [-0.2, -0.15) is 0 Å². The summed E-state index contributed by atoms with van der Waals surface area (Å²) in [6.07, 6.45) is 1.79. The van der Waals surface area contributed by atoms with Crippen molar-refractivity contribution in [3.63, 3.8) is 0 Å². The van der Waals surface area contributed by atoms with Crippen molar-refractivity contribution in [3.05, 3.63) is 35.1 Å². The molecular formula is C17H25FN2O. The topological polar surface area (TPSA) is 32.3 Å². The molecule has 21 heavy (non-hydrogen) atoms. The first kappa shape index (κ1) is 16.0. The predicted octanol–water partition coefficient (Wildman–Crippen LogP) is 3.13. The molecule has 0 spiro atoms. The summed E-state index contributed by atoms with van der Waals surface area (Å²) in [5.74, 6) is -0.748. The fraction of sp³-hybridized carbons (Fsp3) is 0.588. The number of carbonyl (C=O) groups is 1. The molecule has 1 saturated heterocycles. The molecule has 0 aliphatic carbocycles. The van der Waals surface area contributed by atoms with E-state index in [1.165, 1.54) is 6.07 Å². The summed E-state index contributed by atoms with van der Waals surface area (Å²) in [6, 6.07) is 5.26. The van der Waals surface area contributed by atoms with Gasteiger partial charge in [-0.3, -0.25) is 4.79 Å². The van der Waals surface area contributed by atoms with E-state index in [0.717, 1.165) is 25.9 Å². The van der Waals surface area contributed by atoms with Gasteiger partial charge in [0.05, 0.1) is 5.56 Å². The first-order valence-electron chi connectivity index (χ1n) is 7.64. The molecule has 116 valence electrons. The molecule has 0 atom stereocenters. The summed E-state index contributed by atoms with van der Waals surface area (Å²) in [5, 5.41) is 3.05. The van der Waals surface area contributed by atoms with E-state index in [2.05, 4.69) is 31.0 Å². The summed E-state index contributed by atoms with van der Waals surface area (Å²) in [7, 11) is 0. The van der Waals surface area contributed by atoms with Crippen LogP contribution in [0.2, 0.25) is 0 Å². The van der Waals surface area contributed by atoms with Gasteiger partial charge in [-0.05, 0) is 52.2 Å². The molecule has 0 saturated carbocycles. The number of benzene rings is 1. The molecular weight excluding hydrogens is 267 g/mol. The van der Waals surface area contributed by atoms with Gasteiger partial charge in [0.1, 0.15) is 5.82 Å². The van der Waals surface area contributed by atoms with Crippen LogP contribution < -0.4 is 5.32 Å². The maximum absolute atomic E-state index is 13.9. The number of halogens is 1. The molecule has 1 aliphatic heterocycles. The van der Waals surface area contributed by atoms with E-state index in [9.17, 15) is 9.18 Å². The van der Waals surface area contributed by atoms with Crippen LogP contribution in [0.5, 0.6) is 0 Å². The third kappa shape index (κ3) is 3.62. The Bertz CT molecular complexity index is 499. The molecule has 3 nitrogen and oxygen atoms in total. The summed E-state index contributed by atoms with van der Waals surface area (Å²) < 4.78 is 13.9. The van der Waals surface area contributed by atoms with E-state index in [-0.39, 0.29) is 17.0 Å². The van der Waals surface area contributed by atoms with E-state index in [0.29, 0.717) is 11.6 Å². The van der Waals surface area contributed by atoms with Crippen LogP contribution in [0.15, 0.2) is 18.2 Å². The third-order valence-corrected chi connectivity index (χ3v) is 4.50. The molecule has 1 aromatic carbocycles. The van der Waals surface area contributed by atoms with Gasteiger partial charge in [0.2, 0.25) is 0 Å². The van der Waals surface area contributed by atoms with Gasteiger partial charge in [0, 0.05) is 24.7 Å². The second-order valence-corrected chi connectivity index (χ2v) is 6.58. The maximum atomic E-state index is 13.9. The van der Waals surface area contributed by atoms with Crippen molar-refractivity contribution in [1.29, 1.82) is 0 Å². The molecule has 0 radical (unpaired) electrons. The second kappa shape index (κ2) is 6.14. The van der Waals surface area contributed by atoms with Gasteiger partial charge in [-0.15, -0.1) is 0 Å². The highest BCUT2D eigenvalue weighted by atomic mass is 19.1. The van der Waals surface area contributed by atoms with Gasteiger partial charge in [-0.1, -0.05) is 12.1 Å². The van der Waals surface area contributed by atoms with Gasteiger partial charge >= 0.3 is 0 Å². The van der Waals surface area contributed by atoms with E-state index >= 15 is 0 Å². The van der Waals surface area contributed by atoms with E-state index in [1.807, 2.05) is 0 Å². The largest absolute Gasteiger partial charge is 0.347 e. The van der Waals surface area contributed by atoms with Gasteiger partial charge in [0.15, 0.2) is 0 Å². The zero-order chi connectivity index (χ0) is 15.6. The number of hydrogen-bond donors (Lipinski definition) is 1. The Labute approximate surface area is 126 Å². The smallest absolute Gasteiger partial charge is 0.254 e. The van der Waals surface area contributed by atoms with Crippen LogP contribution >= 0.6 is 0 Å². The van der Waals surface area contributed by atoms with Gasteiger partial charge < -0.3 is 10.2 Å². The Morgan fingerprint density at radius 3 is 2.48 bits per heavy atom. The Morgan fingerprint density at radius 1 is 1.33 bits per heavy atom. The molecule has 1 fully saturated rings. The maximum Gasteiger partial charge on any atom is 0.254 e. The lowest BCUT2D eigenvalue weighted by molar-refractivity contribution is 0.0797. The first-order valence-corrected chi connectivity index (χ1v) is 7.64. The number of likely N-dealkylation sites (tertiary alicyclic amines) is 1. The molecule has 1 amide bonds. The molecule has 2 rings (SSSR count). The van der Waals surface area contributed by atoms with Crippen molar-refractivity contribution < 1.29 is 9.18 Å². The fourth-order valence-corrected chi connectivity index (χ4v) is 2.92. The van der Waals surface area contributed by atoms with Crippen LogP contribution in [0.25, 0.3) is 0 Å². The van der Waals surface area contributed by atoms with E-state index < -0.39 is 5.82 Å². The van der Waals surface area contributed by atoms with Crippen molar-refractivity contribution >= 4 is 5.91 Å². The van der Waals surface area contributed by atoms with E-state index in [4.69, 9.17) is 0 Å². The van der Waals surface area contributed by atoms with Gasteiger partial charge in [0.25, 0.3) is 5.91 Å². The van der Waals surface area contributed by atoms with Crippen molar-refractivity contribution in [2.75, 3.05) is 13.1 Å². The Morgan fingerprint density at radius 2 is 1.95 bits per heavy atom. The lowest BCUT2D eigenvalue weighted by Crippen LogP contribution is -2.54. The molecule has 4 heteroatoms. The zero-order valence-electron chi connectivity index (χ0n) is 13.4. The molecule has 0 aromatic heterocycles. The lowest BCUT2D eigenvalue weighted by Gasteiger charge is -2.41. The third-order valence-electron chi connectivity index (χ3n) is 4.50. The second-order valence-electron chi connectivity index (χ2n) is 6.58. The number of nitrogens with one attached hydrogen (secondary N) is 1. The minimum absolute atomic E-state index is 0.171. The number of aryl methyl sites for hydroxylation is 1. The minimum atomic E-state index is -0.448. The molecule has 1 aliphatic rings. The first-order chi connectivity index (χ1) is 9.82. The van der Waals surface area contributed by atoms with Crippen LogP contribution in [0.1, 0.15) is 49.5 Å². The molecule has 0 bridgehead atoms. The highest BCUT2D eigenvalue weighted by molar-refractivity contribution is 5.96.